The van der Waals surface area contributed by atoms with E-state index in [1.807, 2.05) is 119 Å². The molecule has 3 fully saturated rings. The summed E-state index contributed by atoms with van der Waals surface area (Å²) in [5.41, 5.74) is 6.84. The topological polar surface area (TPSA) is 165 Å². The van der Waals surface area contributed by atoms with E-state index in [0.29, 0.717) is 91.6 Å². The number of likely N-dealkylation sites (tertiary alicyclic amines) is 3. The number of phenols is 1. The maximum Gasteiger partial charge on any atom is 0.317 e. The molecule has 13 heteroatoms. The molecule has 7 aromatic rings. The fraction of sp³-hybridized carbons (Fsp3) is 0.344. The van der Waals surface area contributed by atoms with Gasteiger partial charge in [-0.3, -0.25) is 24.1 Å². The average molecular weight is 1040 g/mol. The van der Waals surface area contributed by atoms with Crippen molar-refractivity contribution in [1.29, 1.82) is 0 Å². The van der Waals surface area contributed by atoms with E-state index in [1.165, 1.54) is 17.7 Å². The minimum absolute atomic E-state index is 0.0176. The van der Waals surface area contributed by atoms with Gasteiger partial charge in [0, 0.05) is 61.8 Å². The van der Waals surface area contributed by atoms with Gasteiger partial charge < -0.3 is 39.8 Å². The number of H-pyrrole nitrogens is 1. The Morgan fingerprint density at radius 2 is 1.36 bits per heavy atom. The van der Waals surface area contributed by atoms with Crippen molar-refractivity contribution < 1.29 is 34.1 Å². The second-order valence-corrected chi connectivity index (χ2v) is 21.3. The van der Waals surface area contributed by atoms with Gasteiger partial charge in [-0.15, -0.1) is 0 Å². The SMILES string of the molecule is O=C(OCC1CCN(Cc2ccccc2)CC1)C(c1ccccc1)c1cccc(OCc2ccc(C(=O)N3CCCC4(CCN(C(=O)c5ccc(CCNCC(O)c6ccc(O)c7[nH]c(=O)ccc67)cc5)CC4)C3)cc2)c1. The number of rotatable bonds is 18. The lowest BCUT2D eigenvalue weighted by Crippen LogP contribution is -2.52. The van der Waals surface area contributed by atoms with Crippen molar-refractivity contribution in [3.05, 3.63) is 213 Å². The number of esters is 1. The molecule has 6 aromatic carbocycles. The van der Waals surface area contributed by atoms with E-state index in [4.69, 9.17) is 9.47 Å². The largest absolute Gasteiger partial charge is 0.506 e. The first-order valence-corrected chi connectivity index (χ1v) is 27.3. The number of aliphatic hydroxyl groups excluding tert-OH is 1. The van der Waals surface area contributed by atoms with E-state index in [2.05, 4.69) is 39.5 Å². The number of hydrogen-bond acceptors (Lipinski definition) is 10. The Balaban J connectivity index is 0.667. The van der Waals surface area contributed by atoms with Gasteiger partial charge in [0.1, 0.15) is 24.0 Å². The molecule has 1 spiro atoms. The van der Waals surface area contributed by atoms with Crippen molar-refractivity contribution >= 4 is 28.7 Å². The number of aromatic amines is 1. The first-order valence-electron chi connectivity index (χ1n) is 27.3. The first kappa shape index (κ1) is 52.8. The van der Waals surface area contributed by atoms with E-state index in [9.17, 15) is 29.4 Å². The molecule has 0 radical (unpaired) electrons. The van der Waals surface area contributed by atoms with Crippen LogP contribution in [-0.4, -0.2) is 107 Å². The summed E-state index contributed by atoms with van der Waals surface area (Å²) in [7, 11) is 0. The molecule has 3 aliphatic rings. The highest BCUT2D eigenvalue weighted by Crippen LogP contribution is 2.41. The first-order chi connectivity index (χ1) is 37.6. The predicted octanol–water partition coefficient (Wildman–Crippen LogP) is 9.42. The highest BCUT2D eigenvalue weighted by Gasteiger charge is 2.41. The van der Waals surface area contributed by atoms with Gasteiger partial charge in [-0.2, -0.15) is 0 Å². The number of piperidine rings is 3. The molecule has 4 N–H and O–H groups in total. The van der Waals surface area contributed by atoms with Gasteiger partial charge in [0.2, 0.25) is 5.56 Å². The molecular weight excluding hydrogens is 967 g/mol. The molecule has 77 heavy (non-hydrogen) atoms. The summed E-state index contributed by atoms with van der Waals surface area (Å²) in [4.78, 5) is 62.4. The van der Waals surface area contributed by atoms with Crippen molar-refractivity contribution in [1.82, 2.24) is 25.0 Å². The summed E-state index contributed by atoms with van der Waals surface area (Å²) in [5.74, 6) is 0.106. The Morgan fingerprint density at radius 1 is 0.688 bits per heavy atom. The highest BCUT2D eigenvalue weighted by atomic mass is 16.5. The Bertz CT molecular complexity index is 3170. The van der Waals surface area contributed by atoms with Crippen LogP contribution in [-0.2, 0) is 29.1 Å². The molecule has 3 saturated heterocycles. The number of pyridine rings is 1. The van der Waals surface area contributed by atoms with Gasteiger partial charge in [0.15, 0.2) is 0 Å². The Morgan fingerprint density at radius 3 is 2.09 bits per heavy atom. The molecular formula is C64H69N5O8. The van der Waals surface area contributed by atoms with Crippen LogP contribution in [0.4, 0.5) is 0 Å². The highest BCUT2D eigenvalue weighted by molar-refractivity contribution is 5.95. The van der Waals surface area contributed by atoms with Crippen molar-refractivity contribution in [3.8, 4) is 11.5 Å². The third-order valence-electron chi connectivity index (χ3n) is 16.0. The molecule has 10 rings (SSSR count). The van der Waals surface area contributed by atoms with Crippen LogP contribution in [0.15, 0.2) is 163 Å². The number of carbonyl (C=O) groups excluding carboxylic acids is 3. The molecule has 2 amide bonds. The summed E-state index contributed by atoms with van der Waals surface area (Å²) >= 11 is 0. The van der Waals surface area contributed by atoms with Gasteiger partial charge >= 0.3 is 5.97 Å². The van der Waals surface area contributed by atoms with Crippen molar-refractivity contribution in [2.75, 3.05) is 59.0 Å². The summed E-state index contributed by atoms with van der Waals surface area (Å²) in [6.45, 7) is 7.17. The number of amides is 2. The normalized spacial score (nSPS) is 16.7. The van der Waals surface area contributed by atoms with Gasteiger partial charge in [0.05, 0.1) is 18.2 Å². The standard InChI is InChI=1S/C64H69N5O8/c70-56-25-23-54(55-24-26-58(72)66-60(55)56)57(71)40-65-33-27-45-15-19-50(20-16-45)61(73)68-37-31-64(32-38-68)30-8-34-69(44-64)62(74)51-21-17-47(18-22-51)42-76-53-14-7-13-52(39-53)59(49-11-5-2-6-12-49)63(75)77-43-48-28-35-67(36-29-48)41-46-9-3-1-4-10-46/h1-7,9-26,39,48,57,59,65,70-71H,8,27-38,40-44H2,(H,66,72). The molecule has 2 atom stereocenters. The fourth-order valence-electron chi connectivity index (χ4n) is 11.5. The van der Waals surface area contributed by atoms with Gasteiger partial charge in [-0.05, 0) is 158 Å². The van der Waals surface area contributed by atoms with Crippen LogP contribution in [0.2, 0.25) is 0 Å². The Kier molecular flexibility index (Phi) is 16.9. The lowest BCUT2D eigenvalue weighted by molar-refractivity contribution is -0.146. The second-order valence-electron chi connectivity index (χ2n) is 21.3. The summed E-state index contributed by atoms with van der Waals surface area (Å²) in [6.07, 6.45) is 5.49. The van der Waals surface area contributed by atoms with Crippen molar-refractivity contribution in [2.24, 2.45) is 11.3 Å². The predicted molar refractivity (Wildman–Crippen MR) is 298 cm³/mol. The summed E-state index contributed by atoms with van der Waals surface area (Å²) < 4.78 is 12.4. The van der Waals surface area contributed by atoms with E-state index in [-0.39, 0.29) is 41.1 Å². The van der Waals surface area contributed by atoms with Crippen LogP contribution in [0.5, 0.6) is 11.5 Å². The lowest BCUT2D eigenvalue weighted by atomic mass is 9.72. The third-order valence-corrected chi connectivity index (χ3v) is 16.0. The van der Waals surface area contributed by atoms with Gasteiger partial charge in [-0.25, -0.2) is 0 Å². The maximum atomic E-state index is 14.0. The zero-order chi connectivity index (χ0) is 53.1. The second kappa shape index (κ2) is 24.6. The molecule has 0 aliphatic carbocycles. The maximum absolute atomic E-state index is 14.0. The molecule has 0 saturated carbocycles. The van der Waals surface area contributed by atoms with Crippen LogP contribution in [0, 0.1) is 11.3 Å². The van der Waals surface area contributed by atoms with Crippen LogP contribution >= 0.6 is 0 Å². The number of carbonyl (C=O) groups is 3. The number of phenolic OH excluding ortho intramolecular Hbond substituents is 1. The van der Waals surface area contributed by atoms with Gasteiger partial charge in [0.25, 0.3) is 11.8 Å². The fourth-order valence-corrected chi connectivity index (χ4v) is 11.5. The number of fused-ring (bicyclic) bond motifs is 1. The third kappa shape index (κ3) is 13.2. The van der Waals surface area contributed by atoms with E-state index in [1.54, 1.807) is 12.1 Å². The molecule has 398 valence electrons. The van der Waals surface area contributed by atoms with E-state index in [0.717, 1.165) is 80.4 Å². The van der Waals surface area contributed by atoms with Gasteiger partial charge in [-0.1, -0.05) is 103 Å². The number of nitrogens with zero attached hydrogens (tertiary/aromatic N) is 3. The number of benzene rings is 6. The molecule has 0 bridgehead atoms. The zero-order valence-electron chi connectivity index (χ0n) is 43.7. The smallest absolute Gasteiger partial charge is 0.317 e. The Hall–Kier alpha value is -7.58. The number of aliphatic hydroxyl groups is 1. The monoisotopic (exact) mass is 1040 g/mol. The number of aromatic hydroxyl groups is 1. The van der Waals surface area contributed by atoms with Crippen LogP contribution in [0.1, 0.15) is 105 Å². The molecule has 13 nitrogen and oxygen atoms in total. The molecule has 3 aliphatic heterocycles. The van der Waals surface area contributed by atoms with Crippen LogP contribution in [0.3, 0.4) is 0 Å². The van der Waals surface area contributed by atoms with E-state index < -0.39 is 12.0 Å². The zero-order valence-corrected chi connectivity index (χ0v) is 43.7. The molecule has 4 heterocycles. The van der Waals surface area contributed by atoms with Crippen LogP contribution < -0.4 is 15.6 Å². The average Bonchev–Trinajstić information content (AvgIpc) is 3.48. The van der Waals surface area contributed by atoms with Crippen molar-refractivity contribution in [2.45, 2.75) is 70.1 Å². The minimum atomic E-state index is -0.843. The molecule has 1 aromatic heterocycles. The summed E-state index contributed by atoms with van der Waals surface area (Å²) in [6, 6.07) is 49.5. The number of nitrogens with one attached hydrogen (secondary N) is 2. The number of aromatic nitrogens is 1. The molecule has 2 unspecified atom stereocenters. The van der Waals surface area contributed by atoms with Crippen LogP contribution in [0.25, 0.3) is 10.9 Å². The summed E-state index contributed by atoms with van der Waals surface area (Å²) in [5, 5.41) is 25.0. The Labute approximate surface area is 450 Å². The minimum Gasteiger partial charge on any atom is -0.506 e. The van der Waals surface area contributed by atoms with Crippen molar-refractivity contribution in [3.63, 3.8) is 0 Å². The van der Waals surface area contributed by atoms with E-state index >= 15 is 0 Å². The number of ether oxygens (including phenoxy) is 2. The lowest BCUT2D eigenvalue weighted by Gasteiger charge is -2.47. The number of hydrogen-bond donors (Lipinski definition) is 4. The quantitative estimate of drug-likeness (QED) is 0.0481.